The third kappa shape index (κ3) is 3.68. The molecule has 1 aliphatic rings. The van der Waals surface area contributed by atoms with Crippen molar-refractivity contribution in [1.29, 1.82) is 0 Å². The Bertz CT molecular complexity index is 751. The summed E-state index contributed by atoms with van der Waals surface area (Å²) in [6, 6.07) is 4.59. The van der Waals surface area contributed by atoms with Crippen LogP contribution in [-0.2, 0) is 9.59 Å². The van der Waals surface area contributed by atoms with Crippen LogP contribution in [-0.4, -0.2) is 16.9 Å². The second-order valence-corrected chi connectivity index (χ2v) is 4.96. The average molecular weight is 312 g/mol. The SMILES string of the molecule is [N-]=[N+]=Nc1cccc(N=[N+]=[N-])c1C=C1CC(C(=O)O)CCC1=O. The van der Waals surface area contributed by atoms with Crippen molar-refractivity contribution in [1.82, 2.24) is 0 Å². The van der Waals surface area contributed by atoms with Gasteiger partial charge in [0.05, 0.1) is 5.92 Å². The van der Waals surface area contributed by atoms with Gasteiger partial charge in [-0.1, -0.05) is 28.4 Å². The minimum Gasteiger partial charge on any atom is -0.481 e. The van der Waals surface area contributed by atoms with Gasteiger partial charge in [-0.2, -0.15) is 0 Å². The molecule has 0 radical (unpaired) electrons. The smallest absolute Gasteiger partial charge is 0.306 e. The third-order valence-corrected chi connectivity index (χ3v) is 3.58. The van der Waals surface area contributed by atoms with E-state index in [2.05, 4.69) is 20.1 Å². The first-order valence-corrected chi connectivity index (χ1v) is 6.76. The summed E-state index contributed by atoms with van der Waals surface area (Å²) in [6.07, 6.45) is 1.98. The lowest BCUT2D eigenvalue weighted by Gasteiger charge is -2.20. The van der Waals surface area contributed by atoms with Gasteiger partial charge in [0.1, 0.15) is 0 Å². The number of Topliss-reactive ketones (excluding diaryl/α,β-unsaturated/α-hetero) is 1. The topological polar surface area (TPSA) is 152 Å². The van der Waals surface area contributed by atoms with Crippen LogP contribution in [0.4, 0.5) is 11.4 Å². The van der Waals surface area contributed by atoms with E-state index in [9.17, 15) is 9.59 Å². The quantitative estimate of drug-likeness (QED) is 0.379. The number of nitrogens with zero attached hydrogens (tertiary/aromatic N) is 6. The molecular formula is C14H12N6O3. The van der Waals surface area contributed by atoms with E-state index in [-0.39, 0.29) is 30.0 Å². The zero-order valence-electron chi connectivity index (χ0n) is 12.0. The maximum absolute atomic E-state index is 12.0. The fourth-order valence-corrected chi connectivity index (χ4v) is 2.43. The largest absolute Gasteiger partial charge is 0.481 e. The normalized spacial score (nSPS) is 18.9. The van der Waals surface area contributed by atoms with E-state index in [1.807, 2.05) is 0 Å². The molecule has 0 aliphatic heterocycles. The molecule has 1 atom stereocenters. The summed E-state index contributed by atoms with van der Waals surface area (Å²) in [7, 11) is 0. The maximum atomic E-state index is 12.0. The summed E-state index contributed by atoms with van der Waals surface area (Å²) in [5, 5.41) is 16.2. The molecule has 0 amide bonds. The number of rotatable bonds is 4. The number of aliphatic carboxylic acids is 1. The van der Waals surface area contributed by atoms with Crippen LogP contribution >= 0.6 is 0 Å². The molecule has 1 aromatic carbocycles. The highest BCUT2D eigenvalue weighted by molar-refractivity contribution is 6.02. The van der Waals surface area contributed by atoms with Gasteiger partial charge in [0.25, 0.3) is 0 Å². The van der Waals surface area contributed by atoms with Gasteiger partial charge in [-0.15, -0.1) is 0 Å². The molecule has 0 saturated heterocycles. The molecule has 1 fully saturated rings. The summed E-state index contributed by atoms with van der Waals surface area (Å²) in [5.74, 6) is -1.75. The minimum absolute atomic E-state index is 0.0917. The van der Waals surface area contributed by atoms with Crippen LogP contribution in [0, 0.1) is 5.92 Å². The van der Waals surface area contributed by atoms with Gasteiger partial charge in [0, 0.05) is 27.6 Å². The van der Waals surface area contributed by atoms with Crippen molar-refractivity contribution in [3.63, 3.8) is 0 Å². The zero-order valence-corrected chi connectivity index (χ0v) is 12.0. The first-order valence-electron chi connectivity index (χ1n) is 6.76. The Morgan fingerprint density at radius 2 is 1.87 bits per heavy atom. The minimum atomic E-state index is -0.956. The molecule has 9 nitrogen and oxygen atoms in total. The first-order chi connectivity index (χ1) is 11.1. The van der Waals surface area contributed by atoms with Crippen LogP contribution in [0.5, 0.6) is 0 Å². The van der Waals surface area contributed by atoms with Crippen LogP contribution < -0.4 is 0 Å². The second-order valence-electron chi connectivity index (χ2n) is 4.96. The molecule has 23 heavy (non-hydrogen) atoms. The number of carbonyl (C=O) groups is 2. The second kappa shape index (κ2) is 7.13. The Morgan fingerprint density at radius 1 is 1.26 bits per heavy atom. The lowest BCUT2D eigenvalue weighted by Crippen LogP contribution is -2.23. The van der Waals surface area contributed by atoms with E-state index in [0.717, 1.165) is 0 Å². The molecule has 0 bridgehead atoms. The number of carboxylic acids is 1. The summed E-state index contributed by atoms with van der Waals surface area (Å²) in [5.41, 5.74) is 18.3. The van der Waals surface area contributed by atoms with Gasteiger partial charge in [0.2, 0.25) is 0 Å². The Hall–Kier alpha value is -3.28. The lowest BCUT2D eigenvalue weighted by atomic mass is 9.83. The molecule has 0 spiro atoms. The molecule has 1 aromatic rings. The molecule has 9 heteroatoms. The van der Waals surface area contributed by atoms with Gasteiger partial charge in [0.15, 0.2) is 5.78 Å². The molecule has 2 rings (SSSR count). The van der Waals surface area contributed by atoms with E-state index in [1.165, 1.54) is 18.2 Å². The Morgan fingerprint density at radius 3 is 2.39 bits per heavy atom. The third-order valence-electron chi connectivity index (χ3n) is 3.58. The van der Waals surface area contributed by atoms with Gasteiger partial charge in [-0.25, -0.2) is 0 Å². The Balaban J connectivity index is 2.55. The number of allylic oxidation sites excluding steroid dienone is 1. The molecule has 0 heterocycles. The van der Waals surface area contributed by atoms with Crippen LogP contribution in [0.3, 0.4) is 0 Å². The average Bonchev–Trinajstić information content (AvgIpc) is 2.52. The predicted octanol–water partition coefficient (Wildman–Crippen LogP) is 4.41. The molecule has 0 aromatic heterocycles. The standard InChI is InChI=1S/C14H12N6O3/c15-19-17-11-2-1-3-12(18-20-16)10(11)7-9-6-8(14(22)23)4-5-13(9)21/h1-3,7-8H,4-6H2,(H,22,23). The monoisotopic (exact) mass is 312 g/mol. The number of carbonyl (C=O) groups excluding carboxylic acids is 1. The van der Waals surface area contributed by atoms with E-state index >= 15 is 0 Å². The number of hydrogen-bond acceptors (Lipinski definition) is 4. The van der Waals surface area contributed by atoms with Crippen molar-refractivity contribution in [2.45, 2.75) is 19.3 Å². The Kier molecular flexibility index (Phi) is 4.99. The molecule has 116 valence electrons. The molecule has 1 aliphatic carbocycles. The van der Waals surface area contributed by atoms with Gasteiger partial charge in [-0.3, -0.25) is 9.59 Å². The van der Waals surface area contributed by atoms with Crippen molar-refractivity contribution in [3.8, 4) is 0 Å². The number of benzene rings is 1. The zero-order chi connectivity index (χ0) is 16.8. The fourth-order valence-electron chi connectivity index (χ4n) is 2.43. The summed E-state index contributed by atoms with van der Waals surface area (Å²) in [4.78, 5) is 28.6. The fraction of sp³-hybridized carbons (Fsp3) is 0.286. The van der Waals surface area contributed by atoms with Gasteiger partial charge in [-0.05, 0) is 41.1 Å². The number of hydrogen-bond donors (Lipinski definition) is 1. The number of ketones is 1. The van der Waals surface area contributed by atoms with Crippen LogP contribution in [0.25, 0.3) is 27.0 Å². The van der Waals surface area contributed by atoms with E-state index in [0.29, 0.717) is 17.6 Å². The van der Waals surface area contributed by atoms with Crippen LogP contribution in [0.2, 0.25) is 0 Å². The van der Waals surface area contributed by atoms with Crippen molar-refractivity contribution in [2.75, 3.05) is 0 Å². The first kappa shape index (κ1) is 16.1. The van der Waals surface area contributed by atoms with E-state index in [4.69, 9.17) is 16.2 Å². The van der Waals surface area contributed by atoms with E-state index in [1.54, 1.807) is 6.07 Å². The van der Waals surface area contributed by atoms with Crippen LogP contribution in [0.1, 0.15) is 24.8 Å². The predicted molar refractivity (Wildman–Crippen MR) is 82.0 cm³/mol. The molecule has 1 saturated carbocycles. The number of carboxylic acid groups (broad SMARTS) is 1. The molecular weight excluding hydrogens is 300 g/mol. The lowest BCUT2D eigenvalue weighted by molar-refractivity contribution is -0.142. The Labute approximate surface area is 130 Å². The summed E-state index contributed by atoms with van der Waals surface area (Å²) < 4.78 is 0. The maximum Gasteiger partial charge on any atom is 0.306 e. The van der Waals surface area contributed by atoms with Crippen molar-refractivity contribution >= 4 is 29.2 Å². The highest BCUT2D eigenvalue weighted by Crippen LogP contribution is 2.35. The summed E-state index contributed by atoms with van der Waals surface area (Å²) in [6.45, 7) is 0. The molecule has 1 N–H and O–H groups in total. The number of azide groups is 2. The van der Waals surface area contributed by atoms with Crippen LogP contribution in [0.15, 0.2) is 34.0 Å². The van der Waals surface area contributed by atoms with E-state index < -0.39 is 11.9 Å². The highest BCUT2D eigenvalue weighted by atomic mass is 16.4. The highest BCUT2D eigenvalue weighted by Gasteiger charge is 2.28. The van der Waals surface area contributed by atoms with Gasteiger partial charge < -0.3 is 5.11 Å². The molecule has 1 unspecified atom stereocenters. The summed E-state index contributed by atoms with van der Waals surface area (Å²) >= 11 is 0. The van der Waals surface area contributed by atoms with Crippen molar-refractivity contribution in [3.05, 3.63) is 50.2 Å². The van der Waals surface area contributed by atoms with Crippen molar-refractivity contribution < 1.29 is 14.7 Å². The van der Waals surface area contributed by atoms with Gasteiger partial charge >= 0.3 is 5.97 Å². The van der Waals surface area contributed by atoms with Crippen molar-refractivity contribution in [2.24, 2.45) is 16.1 Å².